The number of sulfonamides is 1. The highest BCUT2D eigenvalue weighted by molar-refractivity contribution is 7.89. The number of anilines is 1. The van der Waals surface area contributed by atoms with Crippen molar-refractivity contribution in [3.63, 3.8) is 0 Å². The first kappa shape index (κ1) is 24.0. The molecule has 0 saturated heterocycles. The van der Waals surface area contributed by atoms with Gasteiger partial charge in [0.1, 0.15) is 12.6 Å². The fourth-order valence-corrected chi connectivity index (χ4v) is 3.76. The van der Waals surface area contributed by atoms with Gasteiger partial charge in [-0.1, -0.05) is 60.7 Å². The van der Waals surface area contributed by atoms with Gasteiger partial charge in [-0.2, -0.15) is 0 Å². The molecule has 0 aliphatic rings. The number of hydrogen-bond acceptors (Lipinski definition) is 5. The van der Waals surface area contributed by atoms with Crippen LogP contribution in [0.1, 0.15) is 11.1 Å². The molecule has 3 rings (SSSR count). The Morgan fingerprint density at radius 3 is 2.00 bits per heavy atom. The lowest BCUT2D eigenvalue weighted by Gasteiger charge is -2.19. The molecule has 3 aromatic rings. The second-order valence-corrected chi connectivity index (χ2v) is 9.06. The van der Waals surface area contributed by atoms with Crippen molar-refractivity contribution in [1.29, 1.82) is 0 Å². The SMILES string of the molecule is CNS(=O)(=O)c1ccc(NC(=O)[C@@H](Cc2ccccc2)NC(=O)OCc2ccccc2)cc1. The first-order chi connectivity index (χ1) is 15.9. The van der Waals surface area contributed by atoms with Crippen LogP contribution in [-0.4, -0.2) is 33.5 Å². The van der Waals surface area contributed by atoms with E-state index in [1.807, 2.05) is 60.7 Å². The maximum atomic E-state index is 13.0. The molecular weight excluding hydrogens is 442 g/mol. The Hall–Kier alpha value is -3.69. The Morgan fingerprint density at radius 2 is 1.42 bits per heavy atom. The third-order valence-electron chi connectivity index (χ3n) is 4.80. The van der Waals surface area contributed by atoms with Gasteiger partial charge in [0, 0.05) is 12.1 Å². The lowest BCUT2D eigenvalue weighted by atomic mass is 10.1. The van der Waals surface area contributed by atoms with Crippen molar-refractivity contribution in [3.8, 4) is 0 Å². The molecule has 9 heteroatoms. The van der Waals surface area contributed by atoms with E-state index >= 15 is 0 Å². The minimum atomic E-state index is -3.58. The third kappa shape index (κ3) is 7.16. The molecule has 1 atom stereocenters. The number of ether oxygens (including phenoxy) is 1. The summed E-state index contributed by atoms with van der Waals surface area (Å²) in [5.74, 6) is -0.459. The van der Waals surface area contributed by atoms with Gasteiger partial charge >= 0.3 is 6.09 Å². The lowest BCUT2D eigenvalue weighted by Crippen LogP contribution is -2.45. The molecular formula is C24H25N3O5S. The molecule has 0 fully saturated rings. The molecule has 0 spiro atoms. The van der Waals surface area contributed by atoms with Gasteiger partial charge in [0.25, 0.3) is 0 Å². The maximum Gasteiger partial charge on any atom is 0.408 e. The number of rotatable bonds is 9. The van der Waals surface area contributed by atoms with E-state index in [2.05, 4.69) is 15.4 Å². The minimum absolute atomic E-state index is 0.0754. The minimum Gasteiger partial charge on any atom is -0.445 e. The van der Waals surface area contributed by atoms with Crippen molar-refractivity contribution in [1.82, 2.24) is 10.0 Å². The summed E-state index contributed by atoms with van der Waals surface area (Å²) in [6, 6.07) is 23.3. The molecule has 0 aromatic heterocycles. The zero-order valence-corrected chi connectivity index (χ0v) is 18.8. The zero-order chi connectivity index (χ0) is 23.7. The van der Waals surface area contributed by atoms with Gasteiger partial charge in [0.2, 0.25) is 15.9 Å². The molecule has 0 aliphatic heterocycles. The number of amides is 2. The first-order valence-electron chi connectivity index (χ1n) is 10.2. The van der Waals surface area contributed by atoms with E-state index in [9.17, 15) is 18.0 Å². The van der Waals surface area contributed by atoms with Crippen molar-refractivity contribution in [2.75, 3.05) is 12.4 Å². The van der Waals surface area contributed by atoms with E-state index in [0.717, 1.165) is 11.1 Å². The molecule has 33 heavy (non-hydrogen) atoms. The van der Waals surface area contributed by atoms with Crippen LogP contribution in [0.5, 0.6) is 0 Å². The molecule has 0 unspecified atom stereocenters. The predicted molar refractivity (Wildman–Crippen MR) is 125 cm³/mol. The van der Waals surface area contributed by atoms with E-state index in [1.54, 1.807) is 0 Å². The topological polar surface area (TPSA) is 114 Å². The molecule has 8 nitrogen and oxygen atoms in total. The van der Waals surface area contributed by atoms with Crippen LogP contribution in [0.4, 0.5) is 10.5 Å². The number of nitrogens with one attached hydrogen (secondary N) is 3. The summed E-state index contributed by atoms with van der Waals surface area (Å²) in [5.41, 5.74) is 2.08. The molecule has 0 radical (unpaired) electrons. The lowest BCUT2D eigenvalue weighted by molar-refractivity contribution is -0.118. The molecule has 0 heterocycles. The molecule has 0 saturated carbocycles. The summed E-state index contributed by atoms with van der Waals surface area (Å²) in [4.78, 5) is 25.4. The molecule has 0 aliphatic carbocycles. The molecule has 172 valence electrons. The van der Waals surface area contributed by atoms with Crippen LogP contribution >= 0.6 is 0 Å². The van der Waals surface area contributed by atoms with Crippen molar-refractivity contribution in [3.05, 3.63) is 96.1 Å². The van der Waals surface area contributed by atoms with Crippen molar-refractivity contribution in [2.45, 2.75) is 24.0 Å². The Morgan fingerprint density at radius 1 is 0.848 bits per heavy atom. The third-order valence-corrected chi connectivity index (χ3v) is 6.24. The molecule has 3 N–H and O–H groups in total. The van der Waals surface area contributed by atoms with Gasteiger partial charge < -0.3 is 15.4 Å². The van der Waals surface area contributed by atoms with Gasteiger partial charge in [-0.25, -0.2) is 17.9 Å². The van der Waals surface area contributed by atoms with E-state index in [0.29, 0.717) is 5.69 Å². The van der Waals surface area contributed by atoms with Crippen molar-refractivity contribution < 1.29 is 22.7 Å². The largest absolute Gasteiger partial charge is 0.445 e. The average Bonchev–Trinajstić information content (AvgIpc) is 2.84. The fraction of sp³-hybridized carbons (Fsp3) is 0.167. The highest BCUT2D eigenvalue weighted by atomic mass is 32.2. The standard InChI is InChI=1S/C24H25N3O5S/c1-25-33(30,31)21-14-12-20(13-15-21)26-23(28)22(16-18-8-4-2-5-9-18)27-24(29)32-17-19-10-6-3-7-11-19/h2-15,22,25H,16-17H2,1H3,(H,26,28)(H,27,29)/t22-/m1/s1. The smallest absolute Gasteiger partial charge is 0.408 e. The van der Waals surface area contributed by atoms with Gasteiger partial charge in [-0.3, -0.25) is 4.79 Å². The summed E-state index contributed by atoms with van der Waals surface area (Å²) in [7, 11) is -2.26. The fourth-order valence-electron chi connectivity index (χ4n) is 3.03. The van der Waals surface area contributed by atoms with Crippen molar-refractivity contribution in [2.24, 2.45) is 0 Å². The Kier molecular flexibility index (Phi) is 8.17. The Bertz CT molecular complexity index is 1170. The van der Waals surface area contributed by atoms with E-state index in [-0.39, 0.29) is 17.9 Å². The summed E-state index contributed by atoms with van der Waals surface area (Å²) in [5, 5.41) is 5.34. The van der Waals surface area contributed by atoms with E-state index in [4.69, 9.17) is 4.74 Å². The van der Waals surface area contributed by atoms with Crippen LogP contribution in [0, 0.1) is 0 Å². The van der Waals surface area contributed by atoms with Crippen LogP contribution < -0.4 is 15.4 Å². The van der Waals surface area contributed by atoms with Crippen molar-refractivity contribution >= 4 is 27.7 Å². The van der Waals surface area contributed by atoms with Crippen LogP contribution in [-0.2, 0) is 32.6 Å². The molecule has 3 aromatic carbocycles. The second-order valence-electron chi connectivity index (χ2n) is 7.17. The maximum absolute atomic E-state index is 13.0. The quantitative estimate of drug-likeness (QED) is 0.448. The highest BCUT2D eigenvalue weighted by Gasteiger charge is 2.22. The number of hydrogen-bond donors (Lipinski definition) is 3. The van der Waals surface area contributed by atoms with Crippen LogP contribution in [0.25, 0.3) is 0 Å². The number of carbonyl (C=O) groups excluding carboxylic acids is 2. The summed E-state index contributed by atoms with van der Waals surface area (Å²) >= 11 is 0. The molecule has 2 amide bonds. The van der Waals surface area contributed by atoms with Gasteiger partial charge in [-0.15, -0.1) is 0 Å². The number of carbonyl (C=O) groups is 2. The number of alkyl carbamates (subject to hydrolysis) is 1. The Labute approximate surface area is 193 Å². The summed E-state index contributed by atoms with van der Waals surface area (Å²) < 4.78 is 31.2. The summed E-state index contributed by atoms with van der Waals surface area (Å²) in [6.45, 7) is 0.0771. The highest BCUT2D eigenvalue weighted by Crippen LogP contribution is 2.15. The zero-order valence-electron chi connectivity index (χ0n) is 18.0. The normalized spacial score (nSPS) is 11.9. The predicted octanol–water partition coefficient (Wildman–Crippen LogP) is 3.07. The van der Waals surface area contributed by atoms with Crippen LogP contribution in [0.15, 0.2) is 89.8 Å². The summed E-state index contributed by atoms with van der Waals surface area (Å²) in [6.07, 6.45) is -0.468. The number of benzene rings is 3. The first-order valence-corrected chi connectivity index (χ1v) is 11.7. The van der Waals surface area contributed by atoms with E-state index < -0.39 is 28.1 Å². The average molecular weight is 468 g/mol. The monoisotopic (exact) mass is 467 g/mol. The molecule has 0 bridgehead atoms. The van der Waals surface area contributed by atoms with Crippen LogP contribution in [0.2, 0.25) is 0 Å². The van der Waals surface area contributed by atoms with Gasteiger partial charge in [0.05, 0.1) is 4.90 Å². The Balaban J connectivity index is 1.68. The van der Waals surface area contributed by atoms with Crippen LogP contribution in [0.3, 0.4) is 0 Å². The van der Waals surface area contributed by atoms with Gasteiger partial charge in [0.15, 0.2) is 0 Å². The van der Waals surface area contributed by atoms with Gasteiger partial charge in [-0.05, 0) is 42.4 Å². The second kappa shape index (κ2) is 11.3. The van der Waals surface area contributed by atoms with E-state index in [1.165, 1.54) is 31.3 Å².